The van der Waals surface area contributed by atoms with E-state index >= 15 is 0 Å². The van der Waals surface area contributed by atoms with Crippen LogP contribution in [0.3, 0.4) is 0 Å². The number of anilines is 1. The summed E-state index contributed by atoms with van der Waals surface area (Å²) in [6.07, 6.45) is 3.89. The zero-order valence-electron chi connectivity index (χ0n) is 13.9. The molecule has 1 aromatic heterocycles. The smallest absolute Gasteiger partial charge is 0.259 e. The van der Waals surface area contributed by atoms with Crippen molar-refractivity contribution in [3.8, 4) is 5.69 Å². The largest absolute Gasteiger partial charge is 0.321 e. The molecular formula is C20H18BrN3O. The van der Waals surface area contributed by atoms with Gasteiger partial charge >= 0.3 is 0 Å². The Labute approximate surface area is 155 Å². The number of carbonyl (C=O) groups is 1. The Balaban J connectivity index is 1.72. The third kappa shape index (κ3) is 3.12. The number of aryl methyl sites for hydroxylation is 1. The first-order valence-corrected chi connectivity index (χ1v) is 9.14. The molecule has 1 fully saturated rings. The summed E-state index contributed by atoms with van der Waals surface area (Å²) >= 11 is 3.47. The second-order valence-corrected chi connectivity index (χ2v) is 7.20. The van der Waals surface area contributed by atoms with Crippen molar-refractivity contribution >= 4 is 27.5 Å². The van der Waals surface area contributed by atoms with E-state index in [9.17, 15) is 4.79 Å². The van der Waals surface area contributed by atoms with Gasteiger partial charge in [-0.2, -0.15) is 5.10 Å². The van der Waals surface area contributed by atoms with Gasteiger partial charge in [0.05, 0.1) is 28.8 Å². The van der Waals surface area contributed by atoms with Gasteiger partial charge < -0.3 is 5.32 Å². The predicted octanol–water partition coefficient (Wildman–Crippen LogP) is 5.07. The SMILES string of the molecule is Cc1ccccc1-n1ncc(C(=O)Nc2ccccc2Br)c1C1CC1. The molecule has 5 heteroatoms. The summed E-state index contributed by atoms with van der Waals surface area (Å²) in [7, 11) is 0. The number of hydrogen-bond acceptors (Lipinski definition) is 2. The van der Waals surface area contributed by atoms with Crippen LogP contribution in [0.5, 0.6) is 0 Å². The fourth-order valence-corrected chi connectivity index (χ4v) is 3.41. The van der Waals surface area contributed by atoms with Crippen LogP contribution in [0.4, 0.5) is 5.69 Å². The maximum atomic E-state index is 12.9. The molecular weight excluding hydrogens is 378 g/mol. The Kier molecular flexibility index (Phi) is 4.17. The fourth-order valence-electron chi connectivity index (χ4n) is 3.03. The van der Waals surface area contributed by atoms with Gasteiger partial charge in [-0.1, -0.05) is 30.3 Å². The lowest BCUT2D eigenvalue weighted by atomic mass is 10.1. The van der Waals surface area contributed by atoms with Crippen LogP contribution in [0, 0.1) is 6.92 Å². The molecule has 126 valence electrons. The van der Waals surface area contributed by atoms with E-state index in [0.29, 0.717) is 11.5 Å². The molecule has 2 aromatic carbocycles. The molecule has 0 aliphatic heterocycles. The molecule has 1 saturated carbocycles. The zero-order chi connectivity index (χ0) is 17.4. The number of amides is 1. The Hall–Kier alpha value is -2.40. The van der Waals surface area contributed by atoms with Crippen molar-refractivity contribution in [2.24, 2.45) is 0 Å². The average Bonchev–Trinajstić information content (AvgIpc) is 3.36. The molecule has 1 heterocycles. The summed E-state index contributed by atoms with van der Waals surface area (Å²) in [5, 5.41) is 7.53. The van der Waals surface area contributed by atoms with Crippen LogP contribution in [0.15, 0.2) is 59.2 Å². The number of benzene rings is 2. The molecule has 1 aliphatic rings. The second-order valence-electron chi connectivity index (χ2n) is 6.35. The standard InChI is InChI=1S/C20H18BrN3O/c1-13-6-2-5-9-18(13)24-19(14-10-11-14)15(12-22-24)20(25)23-17-8-4-3-7-16(17)21/h2-9,12,14H,10-11H2,1H3,(H,23,25). The minimum Gasteiger partial charge on any atom is -0.321 e. The highest BCUT2D eigenvalue weighted by Gasteiger charge is 2.33. The summed E-state index contributed by atoms with van der Waals surface area (Å²) < 4.78 is 2.80. The molecule has 0 unspecified atom stereocenters. The highest BCUT2D eigenvalue weighted by molar-refractivity contribution is 9.10. The van der Waals surface area contributed by atoms with E-state index in [1.807, 2.05) is 47.1 Å². The third-order valence-electron chi connectivity index (χ3n) is 4.48. The zero-order valence-corrected chi connectivity index (χ0v) is 15.5. The summed E-state index contributed by atoms with van der Waals surface area (Å²) in [5.41, 5.74) is 4.60. The van der Waals surface area contributed by atoms with E-state index in [0.717, 1.165) is 39.9 Å². The molecule has 0 atom stereocenters. The van der Waals surface area contributed by atoms with E-state index < -0.39 is 0 Å². The number of nitrogens with zero attached hydrogens (tertiary/aromatic N) is 2. The topological polar surface area (TPSA) is 46.9 Å². The van der Waals surface area contributed by atoms with Crippen molar-refractivity contribution in [1.82, 2.24) is 9.78 Å². The lowest BCUT2D eigenvalue weighted by Crippen LogP contribution is -2.14. The van der Waals surface area contributed by atoms with E-state index in [1.165, 1.54) is 0 Å². The molecule has 4 nitrogen and oxygen atoms in total. The lowest BCUT2D eigenvalue weighted by Gasteiger charge is -2.12. The average molecular weight is 396 g/mol. The van der Waals surface area contributed by atoms with Crippen molar-refractivity contribution in [3.05, 3.63) is 76.0 Å². The van der Waals surface area contributed by atoms with Gasteiger partial charge in [0, 0.05) is 10.4 Å². The van der Waals surface area contributed by atoms with Crippen LogP contribution in [0.25, 0.3) is 5.69 Å². The predicted molar refractivity (Wildman–Crippen MR) is 102 cm³/mol. The van der Waals surface area contributed by atoms with Crippen molar-refractivity contribution in [3.63, 3.8) is 0 Å². The van der Waals surface area contributed by atoms with Crippen LogP contribution in [0.1, 0.15) is 40.4 Å². The quantitative estimate of drug-likeness (QED) is 0.669. The van der Waals surface area contributed by atoms with E-state index in [4.69, 9.17) is 0 Å². The molecule has 1 aliphatic carbocycles. The van der Waals surface area contributed by atoms with E-state index in [-0.39, 0.29) is 5.91 Å². The first-order valence-electron chi connectivity index (χ1n) is 8.35. The molecule has 1 amide bonds. The minimum absolute atomic E-state index is 0.117. The highest BCUT2D eigenvalue weighted by atomic mass is 79.9. The Morgan fingerprint density at radius 2 is 1.88 bits per heavy atom. The molecule has 3 aromatic rings. The molecule has 0 saturated heterocycles. The number of hydrogen-bond donors (Lipinski definition) is 1. The number of nitrogens with one attached hydrogen (secondary N) is 1. The summed E-state index contributed by atoms with van der Waals surface area (Å²) in [6.45, 7) is 2.06. The van der Waals surface area contributed by atoms with Gasteiger partial charge in [-0.05, 0) is 59.5 Å². The van der Waals surface area contributed by atoms with Gasteiger partial charge in [-0.15, -0.1) is 0 Å². The van der Waals surface area contributed by atoms with Crippen LogP contribution in [0.2, 0.25) is 0 Å². The first kappa shape index (κ1) is 16.1. The summed E-state index contributed by atoms with van der Waals surface area (Å²) in [6, 6.07) is 15.7. The molecule has 1 N–H and O–H groups in total. The molecule has 0 radical (unpaired) electrons. The highest BCUT2D eigenvalue weighted by Crippen LogP contribution is 2.43. The van der Waals surface area contributed by atoms with Crippen LogP contribution < -0.4 is 5.32 Å². The Morgan fingerprint density at radius 3 is 2.60 bits per heavy atom. The number of aromatic nitrogens is 2. The number of carbonyl (C=O) groups excluding carboxylic acids is 1. The Bertz CT molecular complexity index is 944. The van der Waals surface area contributed by atoms with Crippen molar-refractivity contribution in [2.75, 3.05) is 5.32 Å². The van der Waals surface area contributed by atoms with Gasteiger partial charge in [0.25, 0.3) is 5.91 Å². The van der Waals surface area contributed by atoms with Crippen LogP contribution in [-0.4, -0.2) is 15.7 Å². The normalized spacial score (nSPS) is 13.7. The maximum absolute atomic E-state index is 12.9. The van der Waals surface area contributed by atoms with Crippen molar-refractivity contribution < 1.29 is 4.79 Å². The number of para-hydroxylation sites is 2. The van der Waals surface area contributed by atoms with Crippen molar-refractivity contribution in [1.29, 1.82) is 0 Å². The van der Waals surface area contributed by atoms with Gasteiger partial charge in [0.1, 0.15) is 0 Å². The second kappa shape index (κ2) is 6.48. The van der Waals surface area contributed by atoms with E-state index in [1.54, 1.807) is 6.20 Å². The first-order chi connectivity index (χ1) is 12.1. The number of rotatable bonds is 4. The van der Waals surface area contributed by atoms with Crippen LogP contribution >= 0.6 is 15.9 Å². The van der Waals surface area contributed by atoms with E-state index in [2.05, 4.69) is 39.3 Å². The molecule has 25 heavy (non-hydrogen) atoms. The van der Waals surface area contributed by atoms with Crippen molar-refractivity contribution in [2.45, 2.75) is 25.7 Å². The Morgan fingerprint density at radius 1 is 1.16 bits per heavy atom. The van der Waals surface area contributed by atoms with Gasteiger partial charge in [-0.3, -0.25) is 4.79 Å². The lowest BCUT2D eigenvalue weighted by molar-refractivity contribution is 0.102. The summed E-state index contributed by atoms with van der Waals surface area (Å²) in [4.78, 5) is 12.9. The summed E-state index contributed by atoms with van der Waals surface area (Å²) in [5.74, 6) is 0.288. The van der Waals surface area contributed by atoms with Crippen LogP contribution in [-0.2, 0) is 0 Å². The van der Waals surface area contributed by atoms with Gasteiger partial charge in [0.2, 0.25) is 0 Å². The van der Waals surface area contributed by atoms with Gasteiger partial charge in [-0.25, -0.2) is 4.68 Å². The monoisotopic (exact) mass is 395 g/mol. The number of halogens is 1. The third-order valence-corrected chi connectivity index (χ3v) is 5.17. The fraction of sp³-hybridized carbons (Fsp3) is 0.200. The molecule has 0 bridgehead atoms. The minimum atomic E-state index is -0.117. The maximum Gasteiger partial charge on any atom is 0.259 e. The van der Waals surface area contributed by atoms with Gasteiger partial charge in [0.15, 0.2) is 0 Å². The molecule has 4 rings (SSSR count). The molecule has 0 spiro atoms.